The Kier molecular flexibility index (Phi) is 0.993. The Hall–Kier alpha value is -0.0400. The zero-order valence-corrected chi connectivity index (χ0v) is 9.42. The van der Waals surface area contributed by atoms with Gasteiger partial charge < -0.3 is 5.11 Å². The lowest BCUT2D eigenvalue weighted by atomic mass is 9.44. The van der Waals surface area contributed by atoms with Gasteiger partial charge in [0, 0.05) is 13.7 Å². The third kappa shape index (κ3) is 1.47. The molecular formula is C15H26O. The summed E-state index contributed by atoms with van der Waals surface area (Å²) < 4.78 is 79.1. The molecule has 2 unspecified atom stereocenters. The maximum atomic E-state index is 10.9. The highest BCUT2D eigenvalue weighted by atomic mass is 16.3. The standard InChI is InChI=1S/C15H26O/c1-3-13(4-2)14-6-11-5-12(7-14)9-15(16,8-11)10-14/h11-13,16H,3-10H2,1-2H3/t11-,12+,14?,15?/i1D3,2D3,3D2,4D2. The molecule has 0 spiro atoms. The number of hydrogen-bond donors (Lipinski definition) is 1. The second-order valence-corrected chi connectivity index (χ2v) is 6.27. The van der Waals surface area contributed by atoms with Gasteiger partial charge in [0.25, 0.3) is 0 Å². The molecule has 1 N–H and O–H groups in total. The Balaban J connectivity index is 2.16. The van der Waals surface area contributed by atoms with E-state index in [0.29, 0.717) is 25.7 Å². The van der Waals surface area contributed by atoms with Gasteiger partial charge in [0.05, 0.1) is 5.60 Å². The molecule has 0 aromatic rings. The fraction of sp³-hybridized carbons (Fsp3) is 1.00. The molecule has 92 valence electrons. The van der Waals surface area contributed by atoms with Crippen LogP contribution in [0, 0.1) is 23.2 Å². The van der Waals surface area contributed by atoms with Gasteiger partial charge in [0.15, 0.2) is 0 Å². The maximum absolute atomic E-state index is 10.9. The van der Waals surface area contributed by atoms with Crippen LogP contribution in [-0.4, -0.2) is 10.7 Å². The minimum atomic E-state index is -3.16. The van der Waals surface area contributed by atoms with E-state index in [-0.39, 0.29) is 18.3 Å². The van der Waals surface area contributed by atoms with E-state index >= 15 is 0 Å². The fourth-order valence-corrected chi connectivity index (χ4v) is 4.96. The molecule has 4 atom stereocenters. The van der Waals surface area contributed by atoms with Crippen LogP contribution in [0.5, 0.6) is 0 Å². The predicted molar refractivity (Wildman–Crippen MR) is 66.1 cm³/mol. The van der Waals surface area contributed by atoms with Crippen LogP contribution in [0.1, 0.15) is 78.7 Å². The first-order chi connectivity index (χ1) is 11.4. The van der Waals surface area contributed by atoms with Crippen molar-refractivity contribution >= 4 is 0 Å². The van der Waals surface area contributed by atoms with E-state index in [2.05, 4.69) is 0 Å². The van der Waals surface area contributed by atoms with Gasteiger partial charge in [0.1, 0.15) is 0 Å². The first kappa shape index (κ1) is 4.57. The summed E-state index contributed by atoms with van der Waals surface area (Å²) in [6, 6.07) is 0. The third-order valence-corrected chi connectivity index (χ3v) is 4.98. The topological polar surface area (TPSA) is 20.2 Å². The van der Waals surface area contributed by atoms with Crippen molar-refractivity contribution in [2.45, 2.75) is 70.6 Å². The van der Waals surface area contributed by atoms with Crippen molar-refractivity contribution in [3.63, 3.8) is 0 Å². The highest BCUT2D eigenvalue weighted by Crippen LogP contribution is 2.64. The van der Waals surface area contributed by atoms with Crippen molar-refractivity contribution in [3.05, 3.63) is 0 Å². The summed E-state index contributed by atoms with van der Waals surface area (Å²) in [5, 5.41) is 10.9. The third-order valence-electron chi connectivity index (χ3n) is 4.98. The number of rotatable bonds is 3. The van der Waals surface area contributed by atoms with Crippen LogP contribution in [0.4, 0.5) is 0 Å². The molecule has 4 aliphatic carbocycles. The molecule has 0 radical (unpaired) electrons. The molecule has 4 bridgehead atoms. The van der Waals surface area contributed by atoms with E-state index in [0.717, 1.165) is 6.42 Å². The minimum Gasteiger partial charge on any atom is -0.390 e. The summed E-state index contributed by atoms with van der Waals surface area (Å²) in [7, 11) is 0. The number of aliphatic hydroxyl groups is 1. The van der Waals surface area contributed by atoms with Crippen LogP contribution in [-0.2, 0) is 0 Å². The van der Waals surface area contributed by atoms with Crippen LogP contribution in [0.2, 0.25) is 0 Å². The Morgan fingerprint density at radius 1 is 1.25 bits per heavy atom. The first-order valence-electron chi connectivity index (χ1n) is 11.2. The van der Waals surface area contributed by atoms with Gasteiger partial charge in [-0.25, -0.2) is 0 Å². The van der Waals surface area contributed by atoms with Gasteiger partial charge in [0.2, 0.25) is 0 Å². The zero-order valence-electron chi connectivity index (χ0n) is 19.4. The lowest BCUT2D eigenvalue weighted by Crippen LogP contribution is -2.57. The largest absolute Gasteiger partial charge is 0.390 e. The SMILES string of the molecule is [2H]C([2H])([2H])C([2H])([2H])C(C12C[C@@H]3C[C@@H](CC(O)(C3)C1)C2)C([2H])([2H])C([2H])([2H])[2H]. The Bertz CT molecular complexity index is 538. The lowest BCUT2D eigenvalue weighted by molar-refractivity contribution is -0.182. The molecule has 0 aliphatic heterocycles. The van der Waals surface area contributed by atoms with Crippen LogP contribution < -0.4 is 0 Å². The number of hydrogen-bond acceptors (Lipinski definition) is 1. The summed E-state index contributed by atoms with van der Waals surface area (Å²) in [6.07, 6.45) is -3.27. The monoisotopic (exact) mass is 232 g/mol. The van der Waals surface area contributed by atoms with E-state index in [1.165, 1.54) is 0 Å². The van der Waals surface area contributed by atoms with Crippen LogP contribution in [0.3, 0.4) is 0 Å². The van der Waals surface area contributed by atoms with Gasteiger partial charge in [-0.05, 0) is 61.7 Å². The molecule has 0 heterocycles. The summed E-state index contributed by atoms with van der Waals surface area (Å²) in [4.78, 5) is 0. The van der Waals surface area contributed by atoms with Gasteiger partial charge >= 0.3 is 0 Å². The average molecular weight is 232 g/mol. The molecule has 0 saturated heterocycles. The Labute approximate surface area is 114 Å². The molecule has 4 saturated carbocycles. The second kappa shape index (κ2) is 3.48. The van der Waals surface area contributed by atoms with Crippen molar-refractivity contribution in [2.75, 3.05) is 0 Å². The molecule has 0 aromatic heterocycles. The van der Waals surface area contributed by atoms with Crippen LogP contribution >= 0.6 is 0 Å². The van der Waals surface area contributed by atoms with Crippen molar-refractivity contribution in [1.82, 2.24) is 0 Å². The summed E-state index contributed by atoms with van der Waals surface area (Å²) in [5.74, 6) is -1.73. The molecule has 4 fully saturated rings. The van der Waals surface area contributed by atoms with E-state index in [1.54, 1.807) is 0 Å². The molecule has 0 amide bonds. The van der Waals surface area contributed by atoms with E-state index in [1.807, 2.05) is 0 Å². The molecule has 4 rings (SSSR count). The van der Waals surface area contributed by atoms with Crippen molar-refractivity contribution in [3.8, 4) is 0 Å². The van der Waals surface area contributed by atoms with E-state index in [4.69, 9.17) is 13.7 Å². The fourth-order valence-electron chi connectivity index (χ4n) is 4.96. The van der Waals surface area contributed by atoms with E-state index < -0.39 is 43.4 Å². The predicted octanol–water partition coefficient (Wildman–Crippen LogP) is 3.75. The molecule has 1 nitrogen and oxygen atoms in total. The second-order valence-electron chi connectivity index (χ2n) is 6.27. The van der Waals surface area contributed by atoms with Gasteiger partial charge in [-0.15, -0.1) is 0 Å². The smallest absolute Gasteiger partial charge is 0.0658 e. The van der Waals surface area contributed by atoms with Crippen molar-refractivity contribution in [2.24, 2.45) is 23.2 Å². The maximum Gasteiger partial charge on any atom is 0.0658 e. The molecule has 1 heteroatoms. The minimum absolute atomic E-state index is 0.0588. The van der Waals surface area contributed by atoms with Gasteiger partial charge in [-0.3, -0.25) is 0 Å². The van der Waals surface area contributed by atoms with Crippen LogP contribution in [0.15, 0.2) is 0 Å². The average Bonchev–Trinajstić information content (AvgIpc) is 2.30. The molecule has 16 heavy (non-hydrogen) atoms. The summed E-state index contributed by atoms with van der Waals surface area (Å²) in [6.45, 7) is -6.33. The Morgan fingerprint density at radius 3 is 2.38 bits per heavy atom. The van der Waals surface area contributed by atoms with Gasteiger partial charge in [-0.2, -0.15) is 0 Å². The molecule has 4 aliphatic rings. The molecular weight excluding hydrogens is 196 g/mol. The molecule has 0 aromatic carbocycles. The van der Waals surface area contributed by atoms with Crippen molar-refractivity contribution in [1.29, 1.82) is 0 Å². The van der Waals surface area contributed by atoms with Gasteiger partial charge in [-0.1, -0.05) is 26.4 Å². The lowest BCUT2D eigenvalue weighted by Gasteiger charge is -2.62. The zero-order chi connectivity index (χ0) is 20.0. The first-order valence-corrected chi connectivity index (χ1v) is 6.16. The van der Waals surface area contributed by atoms with Crippen LogP contribution in [0.25, 0.3) is 0 Å². The summed E-state index contributed by atoms with van der Waals surface area (Å²) >= 11 is 0. The summed E-state index contributed by atoms with van der Waals surface area (Å²) in [5.41, 5.74) is -2.23. The Morgan fingerprint density at radius 2 is 1.88 bits per heavy atom. The van der Waals surface area contributed by atoms with E-state index in [9.17, 15) is 5.11 Å². The normalized spacial score (nSPS) is 62.9. The highest BCUT2D eigenvalue weighted by molar-refractivity contribution is 5.09. The highest BCUT2D eigenvalue weighted by Gasteiger charge is 2.58. The van der Waals surface area contributed by atoms with Crippen molar-refractivity contribution < 1.29 is 18.8 Å². The quantitative estimate of drug-likeness (QED) is 0.785.